The molecule has 0 amide bonds. The Bertz CT molecular complexity index is 1380. The fourth-order valence-corrected chi connectivity index (χ4v) is 6.05. The van der Waals surface area contributed by atoms with Crippen LogP contribution in [0.15, 0.2) is 48.5 Å². The molecule has 0 saturated carbocycles. The minimum Gasteiger partial charge on any atom is -0.495 e. The van der Waals surface area contributed by atoms with Crippen LogP contribution in [0.1, 0.15) is 37.9 Å². The van der Waals surface area contributed by atoms with Crippen molar-refractivity contribution in [2.75, 3.05) is 32.2 Å². The first-order valence-corrected chi connectivity index (χ1v) is 13.3. The Hall–Kier alpha value is -2.93. The van der Waals surface area contributed by atoms with Gasteiger partial charge in [0.05, 0.1) is 35.5 Å². The van der Waals surface area contributed by atoms with Gasteiger partial charge in [0, 0.05) is 53.8 Å². The van der Waals surface area contributed by atoms with Gasteiger partial charge in [-0.3, -0.25) is 5.10 Å². The maximum Gasteiger partial charge on any atom is 0.141 e. The number of benzene rings is 3. The number of piperazine rings is 1. The van der Waals surface area contributed by atoms with Gasteiger partial charge < -0.3 is 19.7 Å². The molecular weight excluding hydrogens is 507 g/mol. The highest BCUT2D eigenvalue weighted by Gasteiger charge is 2.23. The highest BCUT2D eigenvalue weighted by atomic mass is 35.5. The molecule has 194 valence electrons. The Morgan fingerprint density at radius 2 is 1.54 bits per heavy atom. The Morgan fingerprint density at radius 3 is 2.14 bits per heavy atom. The summed E-state index contributed by atoms with van der Waals surface area (Å²) in [4.78, 5) is 2.46. The summed E-state index contributed by atoms with van der Waals surface area (Å²) in [6.07, 6.45) is 0. The van der Waals surface area contributed by atoms with Crippen LogP contribution in [0.5, 0.6) is 11.5 Å². The first-order valence-electron chi connectivity index (χ1n) is 12.5. The molecule has 3 aromatic carbocycles. The predicted octanol–water partition coefficient (Wildman–Crippen LogP) is 6.89. The van der Waals surface area contributed by atoms with Crippen LogP contribution < -0.4 is 19.7 Å². The number of hydrogen-bond acceptors (Lipinski definition) is 5. The molecule has 1 aromatic heterocycles. The Morgan fingerprint density at radius 1 is 0.919 bits per heavy atom. The summed E-state index contributed by atoms with van der Waals surface area (Å²) in [5, 5.41) is 13.4. The van der Waals surface area contributed by atoms with Crippen molar-refractivity contribution in [3.05, 3.63) is 69.8 Å². The maximum absolute atomic E-state index is 6.65. The number of nitrogens with zero attached hydrogens (tertiary/aromatic N) is 2. The van der Waals surface area contributed by atoms with E-state index in [1.54, 1.807) is 20.3 Å². The molecule has 2 heterocycles. The van der Waals surface area contributed by atoms with Crippen LogP contribution in [0, 0.1) is 0 Å². The predicted molar refractivity (Wildman–Crippen MR) is 153 cm³/mol. The molecule has 37 heavy (non-hydrogen) atoms. The highest BCUT2D eigenvalue weighted by molar-refractivity contribution is 6.41. The van der Waals surface area contributed by atoms with Crippen molar-refractivity contribution in [1.29, 1.82) is 0 Å². The summed E-state index contributed by atoms with van der Waals surface area (Å²) in [5.41, 5.74) is 5.91. The van der Waals surface area contributed by atoms with Crippen molar-refractivity contribution in [3.8, 4) is 22.6 Å². The molecule has 1 fully saturated rings. The summed E-state index contributed by atoms with van der Waals surface area (Å²) in [6.45, 7) is 8.70. The topological polar surface area (TPSA) is 62.4 Å². The third-order valence-electron chi connectivity index (χ3n) is 7.20. The van der Waals surface area contributed by atoms with E-state index in [2.05, 4.69) is 71.5 Å². The summed E-state index contributed by atoms with van der Waals surface area (Å²) in [6, 6.07) is 17.6. The second kappa shape index (κ2) is 10.4. The van der Waals surface area contributed by atoms with Gasteiger partial charge in [0.25, 0.3) is 0 Å². The van der Waals surface area contributed by atoms with Gasteiger partial charge in [-0.05, 0) is 43.2 Å². The van der Waals surface area contributed by atoms with Crippen molar-refractivity contribution in [3.63, 3.8) is 0 Å². The van der Waals surface area contributed by atoms with Gasteiger partial charge in [0.2, 0.25) is 0 Å². The molecule has 6 nitrogen and oxygen atoms in total. The molecule has 0 bridgehead atoms. The average molecular weight is 540 g/mol. The maximum atomic E-state index is 6.65. The largest absolute Gasteiger partial charge is 0.495 e. The van der Waals surface area contributed by atoms with Crippen molar-refractivity contribution in [2.24, 2.45) is 0 Å². The molecule has 8 heteroatoms. The highest BCUT2D eigenvalue weighted by Crippen LogP contribution is 2.46. The van der Waals surface area contributed by atoms with E-state index in [0.29, 0.717) is 39.2 Å². The molecule has 0 aliphatic carbocycles. The fourth-order valence-electron chi connectivity index (χ4n) is 5.34. The molecule has 5 rings (SSSR count). The van der Waals surface area contributed by atoms with Crippen LogP contribution in [0.25, 0.3) is 22.0 Å². The van der Waals surface area contributed by atoms with Crippen molar-refractivity contribution in [2.45, 2.75) is 38.8 Å². The zero-order valence-corrected chi connectivity index (χ0v) is 23.2. The molecule has 1 aliphatic heterocycles. The van der Waals surface area contributed by atoms with E-state index in [4.69, 9.17) is 32.7 Å². The Kier molecular flexibility index (Phi) is 7.26. The van der Waals surface area contributed by atoms with Gasteiger partial charge in [-0.2, -0.15) is 5.10 Å². The van der Waals surface area contributed by atoms with E-state index in [1.807, 2.05) is 12.1 Å². The number of anilines is 1. The number of rotatable bonds is 6. The lowest BCUT2D eigenvalue weighted by Crippen LogP contribution is -2.54. The second-order valence-electron chi connectivity index (χ2n) is 9.84. The molecule has 2 N–H and O–H groups in total. The third-order valence-corrected chi connectivity index (χ3v) is 7.95. The van der Waals surface area contributed by atoms with E-state index < -0.39 is 0 Å². The number of ether oxygens (including phenoxy) is 2. The molecule has 4 aromatic rings. The average Bonchev–Trinajstić information content (AvgIpc) is 3.31. The lowest BCUT2D eigenvalue weighted by Gasteiger charge is -2.37. The summed E-state index contributed by atoms with van der Waals surface area (Å²) in [7, 11) is 3.14. The molecule has 0 radical (unpaired) electrons. The van der Waals surface area contributed by atoms with Gasteiger partial charge in [0.15, 0.2) is 0 Å². The number of fused-ring (bicyclic) bond motifs is 1. The van der Waals surface area contributed by atoms with Gasteiger partial charge in [-0.15, -0.1) is 0 Å². The standard InChI is InChI=1S/C29H32Cl2N4O2/c1-16-14-35(15-17(2)32-16)21-9-6-19(7-10-21)18(3)29-22-11-8-20(12-23(22)33-34-29)26-27(30)24(36-4)13-25(37-5)28(26)31/h6-13,16-18,32H,14-15H2,1-5H3,(H,33,34)/t16-,17+,18?. The first kappa shape index (κ1) is 25.7. The van der Waals surface area contributed by atoms with Gasteiger partial charge in [0.1, 0.15) is 11.5 Å². The number of aromatic amines is 1. The smallest absolute Gasteiger partial charge is 0.141 e. The normalized spacial score (nSPS) is 18.7. The second-order valence-corrected chi connectivity index (χ2v) is 10.6. The van der Waals surface area contributed by atoms with Crippen LogP contribution in [0.2, 0.25) is 10.0 Å². The SMILES string of the molecule is COc1cc(OC)c(Cl)c(-c2ccc3c(C(C)c4ccc(N5C[C@@H](C)N[C@@H](C)C5)cc4)[nH]nc3c2)c1Cl. The molecule has 3 atom stereocenters. The molecule has 1 aliphatic rings. The third kappa shape index (κ3) is 4.86. The van der Waals surface area contributed by atoms with Gasteiger partial charge in [-0.1, -0.05) is 54.4 Å². The summed E-state index contributed by atoms with van der Waals surface area (Å²) >= 11 is 13.3. The van der Waals surface area contributed by atoms with Crippen LogP contribution in [-0.4, -0.2) is 49.6 Å². The van der Waals surface area contributed by atoms with Crippen molar-refractivity contribution >= 4 is 39.8 Å². The number of H-pyrrole nitrogens is 1. The van der Waals surface area contributed by atoms with Crippen molar-refractivity contribution in [1.82, 2.24) is 15.5 Å². The number of hydrogen-bond donors (Lipinski definition) is 2. The van der Waals surface area contributed by atoms with Gasteiger partial charge in [-0.25, -0.2) is 0 Å². The monoisotopic (exact) mass is 538 g/mol. The lowest BCUT2D eigenvalue weighted by molar-refractivity contribution is 0.395. The zero-order valence-electron chi connectivity index (χ0n) is 21.7. The van der Waals surface area contributed by atoms with E-state index in [0.717, 1.165) is 35.2 Å². The minimum atomic E-state index is 0.148. The molecular formula is C29H32Cl2N4O2. The van der Waals surface area contributed by atoms with E-state index in [-0.39, 0.29) is 5.92 Å². The summed E-state index contributed by atoms with van der Waals surface area (Å²) in [5.74, 6) is 1.15. The number of methoxy groups -OCH3 is 2. The zero-order chi connectivity index (χ0) is 26.3. The van der Waals surface area contributed by atoms with Crippen LogP contribution >= 0.6 is 23.2 Å². The quantitative estimate of drug-likeness (QED) is 0.279. The number of halogens is 2. The number of nitrogens with one attached hydrogen (secondary N) is 2. The van der Waals surface area contributed by atoms with E-state index in [1.165, 1.54) is 11.3 Å². The summed E-state index contributed by atoms with van der Waals surface area (Å²) < 4.78 is 10.9. The van der Waals surface area contributed by atoms with E-state index >= 15 is 0 Å². The lowest BCUT2D eigenvalue weighted by atomic mass is 9.94. The number of aromatic nitrogens is 2. The molecule has 0 spiro atoms. The van der Waals surface area contributed by atoms with Crippen LogP contribution in [0.3, 0.4) is 0 Å². The Balaban J connectivity index is 1.44. The first-order chi connectivity index (χ1) is 17.8. The molecule has 1 saturated heterocycles. The molecule has 1 unspecified atom stereocenters. The minimum absolute atomic E-state index is 0.148. The van der Waals surface area contributed by atoms with Gasteiger partial charge >= 0.3 is 0 Å². The van der Waals surface area contributed by atoms with Crippen LogP contribution in [0.4, 0.5) is 5.69 Å². The van der Waals surface area contributed by atoms with Crippen LogP contribution in [-0.2, 0) is 0 Å². The van der Waals surface area contributed by atoms with E-state index in [9.17, 15) is 0 Å². The fraction of sp³-hybridized carbons (Fsp3) is 0.345. The Labute approximate surface area is 227 Å². The van der Waals surface area contributed by atoms with Crippen molar-refractivity contribution < 1.29 is 9.47 Å².